The number of carbonyl (C=O) groups is 2. The molecule has 3 aromatic rings. The molecule has 0 aliphatic carbocycles. The Kier molecular flexibility index (Phi) is 5.94. The topological polar surface area (TPSA) is 97.1 Å². The minimum Gasteiger partial charge on any atom is -0.403 e. The van der Waals surface area contributed by atoms with Crippen molar-refractivity contribution in [1.82, 2.24) is 10.2 Å². The van der Waals surface area contributed by atoms with Crippen molar-refractivity contribution >= 4 is 23.5 Å². The highest BCUT2D eigenvalue weighted by Gasteiger charge is 2.13. The van der Waals surface area contributed by atoms with Crippen LogP contribution in [0.3, 0.4) is 0 Å². The van der Waals surface area contributed by atoms with E-state index in [1.165, 1.54) is 0 Å². The SMILES string of the molecule is CCCCC(=O)Nc1ccc(C(=O)Nc2nnc(-c3ccccc3)o2)cc1. The number of aromatic nitrogens is 2. The zero-order valence-electron chi connectivity index (χ0n) is 14.9. The van der Waals surface area contributed by atoms with Gasteiger partial charge in [-0.1, -0.05) is 36.6 Å². The van der Waals surface area contributed by atoms with Crippen molar-refractivity contribution < 1.29 is 14.0 Å². The van der Waals surface area contributed by atoms with Crippen molar-refractivity contribution in [3.8, 4) is 11.5 Å². The van der Waals surface area contributed by atoms with E-state index in [1.54, 1.807) is 24.3 Å². The van der Waals surface area contributed by atoms with Gasteiger partial charge in [-0.05, 0) is 42.8 Å². The Morgan fingerprint density at radius 3 is 2.41 bits per heavy atom. The van der Waals surface area contributed by atoms with Crippen LogP contribution in [0.25, 0.3) is 11.5 Å². The largest absolute Gasteiger partial charge is 0.403 e. The highest BCUT2D eigenvalue weighted by molar-refractivity contribution is 6.03. The van der Waals surface area contributed by atoms with E-state index in [1.807, 2.05) is 37.3 Å². The van der Waals surface area contributed by atoms with Gasteiger partial charge in [0, 0.05) is 23.2 Å². The maximum atomic E-state index is 12.3. The quantitative estimate of drug-likeness (QED) is 0.657. The molecule has 2 aromatic carbocycles. The van der Waals surface area contributed by atoms with Crippen molar-refractivity contribution in [2.45, 2.75) is 26.2 Å². The van der Waals surface area contributed by atoms with E-state index in [-0.39, 0.29) is 17.8 Å². The molecule has 138 valence electrons. The first-order valence-corrected chi connectivity index (χ1v) is 8.76. The van der Waals surface area contributed by atoms with Gasteiger partial charge in [-0.3, -0.25) is 14.9 Å². The second-order valence-electron chi connectivity index (χ2n) is 5.96. The van der Waals surface area contributed by atoms with Crippen LogP contribution in [0.1, 0.15) is 36.5 Å². The van der Waals surface area contributed by atoms with Crippen molar-refractivity contribution in [1.29, 1.82) is 0 Å². The van der Waals surface area contributed by atoms with Crippen molar-refractivity contribution in [3.05, 3.63) is 60.2 Å². The summed E-state index contributed by atoms with van der Waals surface area (Å²) in [5.41, 5.74) is 1.84. The summed E-state index contributed by atoms with van der Waals surface area (Å²) in [5.74, 6) is -0.0773. The summed E-state index contributed by atoms with van der Waals surface area (Å²) >= 11 is 0. The summed E-state index contributed by atoms with van der Waals surface area (Å²) in [6.45, 7) is 2.03. The molecule has 7 heteroatoms. The molecule has 0 atom stereocenters. The minimum atomic E-state index is -0.373. The van der Waals surface area contributed by atoms with Gasteiger partial charge in [0.25, 0.3) is 5.91 Å². The highest BCUT2D eigenvalue weighted by atomic mass is 16.4. The number of benzene rings is 2. The van der Waals surface area contributed by atoms with E-state index >= 15 is 0 Å². The predicted molar refractivity (Wildman–Crippen MR) is 102 cm³/mol. The van der Waals surface area contributed by atoms with Crippen LogP contribution in [0, 0.1) is 0 Å². The fraction of sp³-hybridized carbons (Fsp3) is 0.200. The molecule has 27 heavy (non-hydrogen) atoms. The predicted octanol–water partition coefficient (Wildman–Crippen LogP) is 4.12. The summed E-state index contributed by atoms with van der Waals surface area (Å²) in [5, 5.41) is 13.1. The van der Waals surface area contributed by atoms with Gasteiger partial charge in [0.15, 0.2) is 0 Å². The van der Waals surface area contributed by atoms with Gasteiger partial charge < -0.3 is 9.73 Å². The number of amides is 2. The van der Waals surface area contributed by atoms with Gasteiger partial charge in [0.2, 0.25) is 11.8 Å². The van der Waals surface area contributed by atoms with Gasteiger partial charge in [-0.15, -0.1) is 5.10 Å². The number of nitrogens with zero attached hydrogens (tertiary/aromatic N) is 2. The number of rotatable bonds is 7. The fourth-order valence-electron chi connectivity index (χ4n) is 2.41. The minimum absolute atomic E-state index is 0.0239. The number of carbonyl (C=O) groups excluding carboxylic acids is 2. The first-order chi connectivity index (χ1) is 13.2. The third kappa shape index (κ3) is 5.01. The molecular formula is C20H20N4O3. The normalized spacial score (nSPS) is 10.4. The third-order valence-corrected chi connectivity index (χ3v) is 3.85. The van der Waals surface area contributed by atoms with E-state index in [0.29, 0.717) is 23.6 Å². The first kappa shape index (κ1) is 18.3. The summed E-state index contributed by atoms with van der Waals surface area (Å²) in [4.78, 5) is 24.0. The number of unbranched alkanes of at least 4 members (excludes halogenated alkanes) is 1. The maximum absolute atomic E-state index is 12.3. The third-order valence-electron chi connectivity index (χ3n) is 3.85. The summed E-state index contributed by atoms with van der Waals surface area (Å²) in [6.07, 6.45) is 2.30. The summed E-state index contributed by atoms with van der Waals surface area (Å²) in [6, 6.07) is 15.9. The Bertz CT molecular complexity index is 904. The lowest BCUT2D eigenvalue weighted by Gasteiger charge is -2.06. The van der Waals surface area contributed by atoms with E-state index < -0.39 is 0 Å². The number of nitrogens with one attached hydrogen (secondary N) is 2. The Balaban J connectivity index is 1.60. The molecule has 7 nitrogen and oxygen atoms in total. The second kappa shape index (κ2) is 8.75. The molecule has 0 aliphatic heterocycles. The van der Waals surface area contributed by atoms with Crippen molar-refractivity contribution in [3.63, 3.8) is 0 Å². The molecular weight excluding hydrogens is 344 g/mol. The molecule has 0 bridgehead atoms. The monoisotopic (exact) mass is 364 g/mol. The standard InChI is InChI=1S/C20H20N4O3/c1-2-3-9-17(25)21-16-12-10-14(11-13-16)18(26)22-20-24-23-19(27-20)15-7-5-4-6-8-15/h4-8,10-13H,2-3,9H2,1H3,(H,21,25)(H,22,24,26). The molecule has 0 spiro atoms. The van der Waals surface area contributed by atoms with E-state index in [4.69, 9.17) is 4.42 Å². The Morgan fingerprint density at radius 1 is 0.963 bits per heavy atom. The van der Waals surface area contributed by atoms with E-state index in [0.717, 1.165) is 18.4 Å². The Morgan fingerprint density at radius 2 is 1.70 bits per heavy atom. The Hall–Kier alpha value is -3.48. The number of hydrogen-bond donors (Lipinski definition) is 2. The van der Waals surface area contributed by atoms with Crippen LogP contribution in [0.5, 0.6) is 0 Å². The first-order valence-electron chi connectivity index (χ1n) is 8.76. The van der Waals surface area contributed by atoms with Gasteiger partial charge in [0.05, 0.1) is 0 Å². The molecule has 0 fully saturated rings. The molecule has 0 aliphatic rings. The average molecular weight is 364 g/mol. The van der Waals surface area contributed by atoms with Crippen LogP contribution >= 0.6 is 0 Å². The zero-order chi connectivity index (χ0) is 19.1. The van der Waals surface area contributed by atoms with Crippen LogP contribution in [-0.4, -0.2) is 22.0 Å². The smallest absolute Gasteiger partial charge is 0.322 e. The zero-order valence-corrected chi connectivity index (χ0v) is 14.9. The molecule has 0 saturated heterocycles. The highest BCUT2D eigenvalue weighted by Crippen LogP contribution is 2.19. The van der Waals surface area contributed by atoms with Gasteiger partial charge >= 0.3 is 6.01 Å². The van der Waals surface area contributed by atoms with Crippen molar-refractivity contribution in [2.75, 3.05) is 10.6 Å². The lowest BCUT2D eigenvalue weighted by Crippen LogP contribution is -2.13. The van der Waals surface area contributed by atoms with E-state index in [2.05, 4.69) is 20.8 Å². The molecule has 0 radical (unpaired) electrons. The number of hydrogen-bond acceptors (Lipinski definition) is 5. The van der Waals surface area contributed by atoms with Crippen LogP contribution in [0.4, 0.5) is 11.7 Å². The summed E-state index contributed by atoms with van der Waals surface area (Å²) in [7, 11) is 0. The van der Waals surface area contributed by atoms with Crippen LogP contribution in [0.15, 0.2) is 59.0 Å². The van der Waals surface area contributed by atoms with Crippen molar-refractivity contribution in [2.24, 2.45) is 0 Å². The molecule has 2 N–H and O–H groups in total. The van der Waals surface area contributed by atoms with Gasteiger partial charge in [-0.25, -0.2) is 0 Å². The second-order valence-corrected chi connectivity index (χ2v) is 5.96. The van der Waals surface area contributed by atoms with E-state index in [9.17, 15) is 9.59 Å². The average Bonchev–Trinajstić information content (AvgIpc) is 3.16. The lowest BCUT2D eigenvalue weighted by atomic mass is 10.2. The van der Waals surface area contributed by atoms with Crippen LogP contribution in [-0.2, 0) is 4.79 Å². The molecule has 1 heterocycles. The van der Waals surface area contributed by atoms with Crippen LogP contribution < -0.4 is 10.6 Å². The number of anilines is 2. The van der Waals surface area contributed by atoms with Gasteiger partial charge in [0.1, 0.15) is 0 Å². The molecule has 2 amide bonds. The molecule has 1 aromatic heterocycles. The molecule has 0 saturated carbocycles. The van der Waals surface area contributed by atoms with Gasteiger partial charge in [-0.2, -0.15) is 0 Å². The van der Waals surface area contributed by atoms with Crippen LogP contribution in [0.2, 0.25) is 0 Å². The molecule has 0 unspecified atom stereocenters. The lowest BCUT2D eigenvalue weighted by molar-refractivity contribution is -0.116. The Labute approximate surface area is 156 Å². The summed E-state index contributed by atoms with van der Waals surface area (Å²) < 4.78 is 5.46. The maximum Gasteiger partial charge on any atom is 0.322 e. The molecule has 3 rings (SSSR count). The fourth-order valence-corrected chi connectivity index (χ4v) is 2.41.